The number of carbonyl (C=O) groups is 1. The SMILES string of the molecule is CC/C(C=O)=C/c1ccccc1O. The second kappa shape index (κ2) is 4.45. The van der Waals surface area contributed by atoms with Crippen LogP contribution in [-0.2, 0) is 4.79 Å². The van der Waals surface area contributed by atoms with Crippen molar-refractivity contribution < 1.29 is 9.90 Å². The molecule has 0 saturated carbocycles. The molecule has 0 aliphatic carbocycles. The number of para-hydroxylation sites is 1. The molecule has 2 nitrogen and oxygen atoms in total. The van der Waals surface area contributed by atoms with Crippen molar-refractivity contribution in [2.24, 2.45) is 0 Å². The van der Waals surface area contributed by atoms with Crippen LogP contribution in [0, 0.1) is 0 Å². The number of phenolic OH excluding ortho intramolecular Hbond substituents is 1. The number of aldehydes is 1. The van der Waals surface area contributed by atoms with Gasteiger partial charge in [0.1, 0.15) is 12.0 Å². The van der Waals surface area contributed by atoms with E-state index in [0.717, 1.165) is 6.29 Å². The minimum absolute atomic E-state index is 0.204. The Morgan fingerprint density at radius 3 is 2.69 bits per heavy atom. The van der Waals surface area contributed by atoms with Crippen molar-refractivity contribution in [3.63, 3.8) is 0 Å². The molecule has 13 heavy (non-hydrogen) atoms. The lowest BCUT2D eigenvalue weighted by molar-refractivity contribution is -0.104. The second-order valence-electron chi connectivity index (χ2n) is 2.75. The molecule has 0 aliphatic rings. The van der Waals surface area contributed by atoms with Crippen molar-refractivity contribution in [3.05, 3.63) is 35.4 Å². The van der Waals surface area contributed by atoms with Gasteiger partial charge in [0.15, 0.2) is 0 Å². The number of benzene rings is 1. The van der Waals surface area contributed by atoms with Crippen LogP contribution in [0.2, 0.25) is 0 Å². The predicted molar refractivity (Wildman–Crippen MR) is 52.4 cm³/mol. The van der Waals surface area contributed by atoms with Crippen LogP contribution < -0.4 is 0 Å². The minimum Gasteiger partial charge on any atom is -0.507 e. The molecule has 0 spiro atoms. The summed E-state index contributed by atoms with van der Waals surface area (Å²) in [5.41, 5.74) is 1.37. The highest BCUT2D eigenvalue weighted by Gasteiger charge is 1.97. The summed E-state index contributed by atoms with van der Waals surface area (Å²) in [4.78, 5) is 10.5. The average molecular weight is 176 g/mol. The molecule has 68 valence electrons. The van der Waals surface area contributed by atoms with Crippen LogP contribution in [0.3, 0.4) is 0 Å². The first kappa shape index (κ1) is 9.52. The maximum absolute atomic E-state index is 10.5. The van der Waals surface area contributed by atoms with Gasteiger partial charge in [-0.05, 0) is 24.1 Å². The van der Waals surface area contributed by atoms with E-state index in [1.54, 1.807) is 24.3 Å². The Hall–Kier alpha value is -1.57. The average Bonchev–Trinajstić information content (AvgIpc) is 2.17. The van der Waals surface area contributed by atoms with Crippen molar-refractivity contribution in [1.29, 1.82) is 0 Å². The van der Waals surface area contributed by atoms with Crippen LogP contribution in [-0.4, -0.2) is 11.4 Å². The Kier molecular flexibility index (Phi) is 3.26. The summed E-state index contributed by atoms with van der Waals surface area (Å²) < 4.78 is 0. The number of carbonyl (C=O) groups excluding carboxylic acids is 1. The van der Waals surface area contributed by atoms with Gasteiger partial charge >= 0.3 is 0 Å². The topological polar surface area (TPSA) is 37.3 Å². The molecule has 1 N–H and O–H groups in total. The lowest BCUT2D eigenvalue weighted by Crippen LogP contribution is -1.82. The van der Waals surface area contributed by atoms with E-state index in [9.17, 15) is 9.90 Å². The van der Waals surface area contributed by atoms with E-state index in [2.05, 4.69) is 0 Å². The summed E-state index contributed by atoms with van der Waals surface area (Å²) >= 11 is 0. The summed E-state index contributed by atoms with van der Waals surface area (Å²) in [5.74, 6) is 0.204. The zero-order valence-electron chi connectivity index (χ0n) is 7.53. The lowest BCUT2D eigenvalue weighted by Gasteiger charge is -1.98. The first-order valence-electron chi connectivity index (χ1n) is 4.21. The van der Waals surface area contributed by atoms with Gasteiger partial charge in [0.2, 0.25) is 0 Å². The highest BCUT2D eigenvalue weighted by atomic mass is 16.3. The zero-order valence-corrected chi connectivity index (χ0v) is 7.53. The van der Waals surface area contributed by atoms with Gasteiger partial charge in [-0.1, -0.05) is 25.1 Å². The van der Waals surface area contributed by atoms with Crippen molar-refractivity contribution in [2.75, 3.05) is 0 Å². The molecule has 0 radical (unpaired) electrons. The smallest absolute Gasteiger partial charge is 0.146 e. The van der Waals surface area contributed by atoms with Crippen LogP contribution in [0.25, 0.3) is 6.08 Å². The first-order valence-corrected chi connectivity index (χ1v) is 4.21. The Bertz CT molecular complexity index is 327. The molecule has 1 aromatic rings. The van der Waals surface area contributed by atoms with Gasteiger partial charge in [0.25, 0.3) is 0 Å². The minimum atomic E-state index is 0.204. The molecule has 0 unspecified atom stereocenters. The van der Waals surface area contributed by atoms with Crippen LogP contribution in [0.1, 0.15) is 18.9 Å². The Morgan fingerprint density at radius 2 is 2.15 bits per heavy atom. The summed E-state index contributed by atoms with van der Waals surface area (Å²) in [6, 6.07) is 6.95. The Morgan fingerprint density at radius 1 is 1.46 bits per heavy atom. The van der Waals surface area contributed by atoms with Gasteiger partial charge in [0.05, 0.1) is 0 Å². The summed E-state index contributed by atoms with van der Waals surface area (Å²) in [5, 5.41) is 9.39. The molecule has 0 heterocycles. The predicted octanol–water partition coefficient (Wildman–Crippen LogP) is 2.38. The number of allylic oxidation sites excluding steroid dienone is 1. The summed E-state index contributed by atoms with van der Waals surface area (Å²) in [7, 11) is 0. The highest BCUT2D eigenvalue weighted by Crippen LogP contribution is 2.18. The van der Waals surface area contributed by atoms with Crippen LogP contribution in [0.4, 0.5) is 0 Å². The van der Waals surface area contributed by atoms with Crippen molar-refractivity contribution in [2.45, 2.75) is 13.3 Å². The third-order valence-corrected chi connectivity index (χ3v) is 1.84. The van der Waals surface area contributed by atoms with Crippen LogP contribution in [0.5, 0.6) is 5.75 Å². The zero-order chi connectivity index (χ0) is 9.68. The van der Waals surface area contributed by atoms with Crippen LogP contribution >= 0.6 is 0 Å². The van der Waals surface area contributed by atoms with Crippen LogP contribution in [0.15, 0.2) is 29.8 Å². The molecular formula is C11H12O2. The molecule has 0 aliphatic heterocycles. The van der Waals surface area contributed by atoms with Gasteiger partial charge in [-0.3, -0.25) is 4.79 Å². The van der Waals surface area contributed by atoms with E-state index in [-0.39, 0.29) is 5.75 Å². The standard InChI is InChI=1S/C11H12O2/c1-2-9(8-12)7-10-5-3-4-6-11(10)13/h3-8,13H,2H2,1H3/b9-7-. The number of phenols is 1. The largest absolute Gasteiger partial charge is 0.507 e. The molecule has 1 aromatic carbocycles. The molecule has 0 amide bonds. The second-order valence-corrected chi connectivity index (χ2v) is 2.75. The summed E-state index contributed by atoms with van der Waals surface area (Å²) in [6.45, 7) is 1.90. The van der Waals surface area contributed by atoms with Gasteiger partial charge in [0, 0.05) is 5.56 Å². The monoisotopic (exact) mass is 176 g/mol. The molecule has 0 bridgehead atoms. The Balaban J connectivity index is 3.02. The molecule has 0 fully saturated rings. The molecule has 2 heteroatoms. The Labute approximate surface area is 77.5 Å². The fourth-order valence-corrected chi connectivity index (χ4v) is 1.03. The number of hydrogen-bond acceptors (Lipinski definition) is 2. The maximum Gasteiger partial charge on any atom is 0.146 e. The lowest BCUT2D eigenvalue weighted by atomic mass is 10.1. The third-order valence-electron chi connectivity index (χ3n) is 1.84. The van der Waals surface area contributed by atoms with Gasteiger partial charge in [-0.25, -0.2) is 0 Å². The highest BCUT2D eigenvalue weighted by molar-refractivity contribution is 5.82. The third kappa shape index (κ3) is 2.44. The first-order chi connectivity index (χ1) is 6.27. The molecule has 1 rings (SSSR count). The maximum atomic E-state index is 10.5. The quantitative estimate of drug-likeness (QED) is 0.567. The molecule has 0 saturated heterocycles. The van der Waals surface area contributed by atoms with Gasteiger partial charge < -0.3 is 5.11 Å². The van der Waals surface area contributed by atoms with E-state index in [0.29, 0.717) is 17.6 Å². The molecule has 0 atom stereocenters. The van der Waals surface area contributed by atoms with E-state index in [4.69, 9.17) is 0 Å². The fraction of sp³-hybridized carbons (Fsp3) is 0.182. The number of aromatic hydroxyl groups is 1. The normalized spacial score (nSPS) is 11.3. The van der Waals surface area contributed by atoms with Gasteiger partial charge in [-0.2, -0.15) is 0 Å². The number of rotatable bonds is 3. The van der Waals surface area contributed by atoms with E-state index >= 15 is 0 Å². The van der Waals surface area contributed by atoms with E-state index in [1.165, 1.54) is 0 Å². The number of hydrogen-bond donors (Lipinski definition) is 1. The van der Waals surface area contributed by atoms with Crippen molar-refractivity contribution in [3.8, 4) is 5.75 Å². The van der Waals surface area contributed by atoms with Crippen molar-refractivity contribution in [1.82, 2.24) is 0 Å². The summed E-state index contributed by atoms with van der Waals surface area (Å²) in [6.07, 6.45) is 3.19. The van der Waals surface area contributed by atoms with Crippen molar-refractivity contribution >= 4 is 12.4 Å². The molecular weight excluding hydrogens is 164 g/mol. The van der Waals surface area contributed by atoms with Gasteiger partial charge in [-0.15, -0.1) is 0 Å². The molecule has 0 aromatic heterocycles. The van der Waals surface area contributed by atoms with E-state index in [1.807, 2.05) is 13.0 Å². The van der Waals surface area contributed by atoms with E-state index < -0.39 is 0 Å². The fourth-order valence-electron chi connectivity index (χ4n) is 1.03.